The molecular weight excluding hydrogens is 431 g/mol. The molecule has 2 aromatic heterocycles. The third kappa shape index (κ3) is 5.00. The molecule has 0 aliphatic rings. The normalized spacial score (nSPS) is 10.8. The van der Waals surface area contributed by atoms with Crippen molar-refractivity contribution in [1.82, 2.24) is 19.6 Å². The molecule has 0 bridgehead atoms. The van der Waals surface area contributed by atoms with Crippen molar-refractivity contribution in [2.45, 2.75) is 19.5 Å². The summed E-state index contributed by atoms with van der Waals surface area (Å²) < 4.78 is 2.87. The number of amides is 1. The lowest BCUT2D eigenvalue weighted by atomic mass is 10.2. The van der Waals surface area contributed by atoms with E-state index in [-0.39, 0.29) is 35.4 Å². The van der Waals surface area contributed by atoms with Crippen molar-refractivity contribution in [2.24, 2.45) is 0 Å². The minimum Gasteiger partial charge on any atom is -0.308 e. The summed E-state index contributed by atoms with van der Waals surface area (Å²) >= 11 is 18.2. The van der Waals surface area contributed by atoms with Crippen LogP contribution in [-0.2, 0) is 17.9 Å². The summed E-state index contributed by atoms with van der Waals surface area (Å²) in [7, 11) is 0. The predicted octanol–water partition coefficient (Wildman–Crippen LogP) is 4.03. The first kappa shape index (κ1) is 20.1. The number of halogens is 3. The Morgan fingerprint density at radius 3 is 2.64 bits per heavy atom. The monoisotopic (exact) mass is 442 g/mol. The van der Waals surface area contributed by atoms with E-state index >= 15 is 0 Å². The molecule has 0 atom stereocenters. The zero-order valence-corrected chi connectivity index (χ0v) is 16.4. The standard InChI is InChI=1S/C16H13Cl3N6O3/c17-11-2-1-10(13(18)5-11)7-24-9-14(19)16(22-24)21-15(26)3-4-23-8-12(6-20-23)25(27)28/h1-2,5-6,8-9H,3-4,7H2,(H,21,22,26). The number of carbonyl (C=O) groups is 1. The number of nitrogens with zero attached hydrogens (tertiary/aromatic N) is 5. The molecule has 0 saturated carbocycles. The van der Waals surface area contributed by atoms with E-state index in [9.17, 15) is 14.9 Å². The van der Waals surface area contributed by atoms with Crippen molar-refractivity contribution in [3.8, 4) is 0 Å². The lowest BCUT2D eigenvalue weighted by Crippen LogP contribution is -2.15. The van der Waals surface area contributed by atoms with Crippen molar-refractivity contribution in [3.05, 3.63) is 67.5 Å². The molecule has 3 aromatic rings. The molecule has 1 N–H and O–H groups in total. The van der Waals surface area contributed by atoms with E-state index in [0.29, 0.717) is 16.6 Å². The number of carbonyl (C=O) groups excluding carboxylic acids is 1. The summed E-state index contributed by atoms with van der Waals surface area (Å²) in [4.78, 5) is 22.2. The molecule has 12 heteroatoms. The lowest BCUT2D eigenvalue weighted by molar-refractivity contribution is -0.385. The van der Waals surface area contributed by atoms with Crippen LogP contribution < -0.4 is 5.32 Å². The number of hydrogen-bond acceptors (Lipinski definition) is 5. The molecule has 0 spiro atoms. The minimum atomic E-state index is -0.553. The SMILES string of the molecule is O=C(CCn1cc([N+](=O)[O-])cn1)Nc1nn(Cc2ccc(Cl)cc2Cl)cc1Cl. The second-order valence-electron chi connectivity index (χ2n) is 5.78. The number of hydrogen-bond donors (Lipinski definition) is 1. The molecular formula is C16H13Cl3N6O3. The maximum atomic E-state index is 12.1. The van der Waals surface area contributed by atoms with Crippen molar-refractivity contribution < 1.29 is 9.72 Å². The van der Waals surface area contributed by atoms with Crippen molar-refractivity contribution >= 4 is 52.2 Å². The Bertz CT molecular complexity index is 1030. The first-order valence-corrected chi connectivity index (χ1v) is 9.09. The topological polar surface area (TPSA) is 108 Å². The van der Waals surface area contributed by atoms with Crippen LogP contribution in [0.1, 0.15) is 12.0 Å². The molecule has 0 aliphatic carbocycles. The highest BCUT2D eigenvalue weighted by molar-refractivity contribution is 6.35. The number of benzene rings is 1. The van der Waals surface area contributed by atoms with Crippen LogP contribution in [0, 0.1) is 10.1 Å². The molecule has 1 aromatic carbocycles. The summed E-state index contributed by atoms with van der Waals surface area (Å²) in [6.07, 6.45) is 3.99. The van der Waals surface area contributed by atoms with Gasteiger partial charge in [-0.05, 0) is 17.7 Å². The Labute approximate surface area is 173 Å². The summed E-state index contributed by atoms with van der Waals surface area (Å²) in [6, 6.07) is 5.13. The van der Waals surface area contributed by atoms with Gasteiger partial charge in [0.25, 0.3) is 0 Å². The summed E-state index contributed by atoms with van der Waals surface area (Å²) in [5.41, 5.74) is 0.659. The first-order valence-electron chi connectivity index (χ1n) is 7.95. The maximum absolute atomic E-state index is 12.1. The van der Waals surface area contributed by atoms with E-state index in [1.807, 2.05) is 0 Å². The third-order valence-corrected chi connectivity index (χ3v) is 4.58. The van der Waals surface area contributed by atoms with E-state index in [4.69, 9.17) is 34.8 Å². The van der Waals surface area contributed by atoms with Crippen molar-refractivity contribution in [1.29, 1.82) is 0 Å². The minimum absolute atomic E-state index is 0.0467. The van der Waals surface area contributed by atoms with Gasteiger partial charge in [0.15, 0.2) is 5.82 Å². The van der Waals surface area contributed by atoms with Crippen LogP contribution in [0.15, 0.2) is 36.8 Å². The molecule has 1 amide bonds. The van der Waals surface area contributed by atoms with Gasteiger partial charge in [-0.3, -0.25) is 24.3 Å². The largest absolute Gasteiger partial charge is 0.308 e. The van der Waals surface area contributed by atoms with E-state index in [2.05, 4.69) is 15.5 Å². The molecule has 28 heavy (non-hydrogen) atoms. The maximum Gasteiger partial charge on any atom is 0.306 e. The van der Waals surface area contributed by atoms with E-state index in [0.717, 1.165) is 11.8 Å². The van der Waals surface area contributed by atoms with Crippen molar-refractivity contribution in [2.75, 3.05) is 5.32 Å². The number of anilines is 1. The number of nitrogens with one attached hydrogen (secondary N) is 1. The van der Waals surface area contributed by atoms with Gasteiger partial charge in [0.1, 0.15) is 17.4 Å². The Balaban J connectivity index is 1.59. The van der Waals surface area contributed by atoms with Gasteiger partial charge in [-0.1, -0.05) is 40.9 Å². The second-order valence-corrected chi connectivity index (χ2v) is 7.03. The van der Waals surface area contributed by atoms with Gasteiger partial charge in [-0.15, -0.1) is 0 Å². The lowest BCUT2D eigenvalue weighted by Gasteiger charge is -2.05. The van der Waals surface area contributed by atoms with Gasteiger partial charge in [-0.25, -0.2) is 0 Å². The average Bonchev–Trinajstić information content (AvgIpc) is 3.23. The number of aromatic nitrogens is 4. The summed E-state index contributed by atoms with van der Waals surface area (Å²) in [5, 5.41) is 22.6. The Hall–Kier alpha value is -2.62. The quantitative estimate of drug-likeness (QED) is 0.438. The zero-order valence-electron chi connectivity index (χ0n) is 14.2. The fourth-order valence-corrected chi connectivity index (χ4v) is 3.03. The molecule has 0 radical (unpaired) electrons. The molecule has 0 aliphatic heterocycles. The zero-order chi connectivity index (χ0) is 20.3. The summed E-state index contributed by atoms with van der Waals surface area (Å²) in [5.74, 6) is -0.141. The molecule has 0 fully saturated rings. The predicted molar refractivity (Wildman–Crippen MR) is 105 cm³/mol. The van der Waals surface area contributed by atoms with Crippen LogP contribution >= 0.6 is 34.8 Å². The van der Waals surface area contributed by atoms with Gasteiger partial charge in [-0.2, -0.15) is 10.2 Å². The number of nitro groups is 1. The first-order chi connectivity index (χ1) is 13.3. The molecule has 3 rings (SSSR count). The molecule has 9 nitrogen and oxygen atoms in total. The Morgan fingerprint density at radius 1 is 1.18 bits per heavy atom. The molecule has 0 unspecified atom stereocenters. The number of aryl methyl sites for hydroxylation is 1. The van der Waals surface area contributed by atoms with E-state index in [1.54, 1.807) is 29.1 Å². The Kier molecular flexibility index (Phi) is 6.18. The molecule has 0 saturated heterocycles. The highest BCUT2D eigenvalue weighted by Gasteiger charge is 2.13. The van der Waals surface area contributed by atoms with Crippen LogP contribution in [0.5, 0.6) is 0 Å². The van der Waals surface area contributed by atoms with Gasteiger partial charge < -0.3 is 5.32 Å². The average molecular weight is 444 g/mol. The van der Waals surface area contributed by atoms with Gasteiger partial charge >= 0.3 is 5.69 Å². The fraction of sp³-hybridized carbons (Fsp3) is 0.188. The van der Waals surface area contributed by atoms with Gasteiger partial charge in [0.05, 0.1) is 11.5 Å². The fourth-order valence-electron chi connectivity index (χ4n) is 2.37. The molecule has 2 heterocycles. The highest BCUT2D eigenvalue weighted by atomic mass is 35.5. The van der Waals surface area contributed by atoms with E-state index < -0.39 is 4.92 Å². The summed E-state index contributed by atoms with van der Waals surface area (Å²) in [6.45, 7) is 0.529. The van der Waals surface area contributed by atoms with Crippen LogP contribution in [0.3, 0.4) is 0 Å². The number of rotatable bonds is 7. The second kappa shape index (κ2) is 8.59. The third-order valence-electron chi connectivity index (χ3n) is 3.72. The van der Waals surface area contributed by atoms with Crippen LogP contribution in [0.25, 0.3) is 0 Å². The van der Waals surface area contributed by atoms with Crippen LogP contribution in [0.4, 0.5) is 11.5 Å². The van der Waals surface area contributed by atoms with Crippen LogP contribution in [0.2, 0.25) is 15.1 Å². The molecule has 146 valence electrons. The van der Waals surface area contributed by atoms with Crippen molar-refractivity contribution in [3.63, 3.8) is 0 Å². The van der Waals surface area contributed by atoms with Crippen LogP contribution in [-0.4, -0.2) is 30.4 Å². The Morgan fingerprint density at radius 2 is 1.96 bits per heavy atom. The van der Waals surface area contributed by atoms with Gasteiger partial charge in [0.2, 0.25) is 5.91 Å². The highest BCUT2D eigenvalue weighted by Crippen LogP contribution is 2.24. The van der Waals surface area contributed by atoms with Gasteiger partial charge in [0, 0.05) is 29.2 Å². The van der Waals surface area contributed by atoms with E-state index in [1.165, 1.54) is 10.9 Å². The smallest absolute Gasteiger partial charge is 0.306 e.